The number of hydrogen-bond donors (Lipinski definition) is 2. The van der Waals surface area contributed by atoms with Gasteiger partial charge in [0.25, 0.3) is 0 Å². The summed E-state index contributed by atoms with van der Waals surface area (Å²) in [5.74, 6) is -0.145. The first-order chi connectivity index (χ1) is 16.4. The molecule has 1 fully saturated rings. The summed E-state index contributed by atoms with van der Waals surface area (Å²) in [5, 5.41) is 4.39. The van der Waals surface area contributed by atoms with Crippen LogP contribution in [0.25, 0.3) is 10.9 Å². The predicted octanol–water partition coefficient (Wildman–Crippen LogP) is 2.68. The van der Waals surface area contributed by atoms with Gasteiger partial charge in [0, 0.05) is 56.2 Å². The molecule has 1 saturated heterocycles. The topological polar surface area (TPSA) is 122 Å². The molecule has 1 aromatic carbocycles. The number of aromatic nitrogens is 3. The molecule has 0 aliphatic carbocycles. The summed E-state index contributed by atoms with van der Waals surface area (Å²) in [6.45, 7) is 7.92. The van der Waals surface area contributed by atoms with Crippen molar-refractivity contribution in [3.05, 3.63) is 41.6 Å². The van der Waals surface area contributed by atoms with E-state index < -0.39 is 5.82 Å². The number of nitrogens with two attached hydrogens (primary N) is 1. The van der Waals surface area contributed by atoms with Crippen molar-refractivity contribution in [3.63, 3.8) is 0 Å². The molecular formula is C23H28FN7O3. The maximum atomic E-state index is 14.9. The van der Waals surface area contributed by atoms with Crippen LogP contribution in [0.3, 0.4) is 0 Å². The SMILES string of the molecule is CC(=O)N1CCN(CCCO/N=C/c2c(N)ncnc2Oc2ccc3[nH]c(C)cc3c2F)CC1. The third kappa shape index (κ3) is 5.42. The Kier molecular flexibility index (Phi) is 7.21. The van der Waals surface area contributed by atoms with Gasteiger partial charge >= 0.3 is 0 Å². The Labute approximate surface area is 196 Å². The van der Waals surface area contributed by atoms with Crippen LogP contribution in [0.1, 0.15) is 24.6 Å². The molecule has 0 spiro atoms. The van der Waals surface area contributed by atoms with E-state index in [-0.39, 0.29) is 23.4 Å². The summed E-state index contributed by atoms with van der Waals surface area (Å²) in [4.78, 5) is 32.0. The monoisotopic (exact) mass is 469 g/mol. The van der Waals surface area contributed by atoms with Crippen molar-refractivity contribution in [2.45, 2.75) is 20.3 Å². The minimum atomic E-state index is -0.498. The van der Waals surface area contributed by atoms with Crippen LogP contribution in [0.4, 0.5) is 10.2 Å². The number of halogens is 1. The van der Waals surface area contributed by atoms with E-state index in [2.05, 4.69) is 25.0 Å². The number of carbonyl (C=O) groups excluding carboxylic acids is 1. The number of fused-ring (bicyclic) bond motifs is 1. The highest BCUT2D eigenvalue weighted by Gasteiger charge is 2.18. The molecule has 1 aliphatic rings. The highest BCUT2D eigenvalue weighted by molar-refractivity contribution is 5.88. The van der Waals surface area contributed by atoms with Crippen molar-refractivity contribution in [3.8, 4) is 11.6 Å². The number of carbonyl (C=O) groups is 1. The lowest BCUT2D eigenvalue weighted by Gasteiger charge is -2.34. The summed E-state index contributed by atoms with van der Waals surface area (Å²) in [7, 11) is 0. The second-order valence-corrected chi connectivity index (χ2v) is 8.14. The van der Waals surface area contributed by atoms with E-state index in [1.165, 1.54) is 18.6 Å². The first-order valence-electron chi connectivity index (χ1n) is 11.1. The summed E-state index contributed by atoms with van der Waals surface area (Å²) >= 11 is 0. The van der Waals surface area contributed by atoms with Crippen LogP contribution in [-0.2, 0) is 9.63 Å². The van der Waals surface area contributed by atoms with Crippen molar-refractivity contribution in [2.24, 2.45) is 5.16 Å². The standard InChI is InChI=1S/C23H28FN7O3/c1-15-12-17-19(29-15)4-5-20(21(17)24)34-23-18(22(25)26-14-27-23)13-28-33-11-3-6-30-7-9-31(10-8-30)16(2)32/h4-5,12-14,29H,3,6-11H2,1-2H3,(H2,25,26,27)/b28-13+. The number of benzene rings is 1. The minimum absolute atomic E-state index is 0.0186. The van der Waals surface area contributed by atoms with E-state index in [4.69, 9.17) is 15.3 Å². The Hall–Kier alpha value is -3.73. The van der Waals surface area contributed by atoms with Crippen LogP contribution in [0, 0.1) is 12.7 Å². The van der Waals surface area contributed by atoms with Crippen molar-refractivity contribution in [1.29, 1.82) is 0 Å². The quantitative estimate of drug-likeness (QED) is 0.295. The zero-order valence-corrected chi connectivity index (χ0v) is 19.3. The van der Waals surface area contributed by atoms with E-state index >= 15 is 0 Å². The number of aryl methyl sites for hydroxylation is 1. The molecule has 4 rings (SSSR count). The van der Waals surface area contributed by atoms with E-state index in [0.29, 0.717) is 23.1 Å². The fourth-order valence-corrected chi connectivity index (χ4v) is 3.85. The Morgan fingerprint density at radius 1 is 1.29 bits per heavy atom. The number of anilines is 1. The van der Waals surface area contributed by atoms with Crippen molar-refractivity contribution >= 4 is 28.8 Å². The van der Waals surface area contributed by atoms with Gasteiger partial charge in [0.1, 0.15) is 24.3 Å². The maximum absolute atomic E-state index is 14.9. The average molecular weight is 470 g/mol. The number of hydrogen-bond acceptors (Lipinski definition) is 8. The van der Waals surface area contributed by atoms with Gasteiger partial charge < -0.3 is 25.2 Å². The molecule has 2 aromatic heterocycles. The Balaban J connectivity index is 1.33. The van der Waals surface area contributed by atoms with Gasteiger partial charge in [-0.3, -0.25) is 9.69 Å². The van der Waals surface area contributed by atoms with E-state index in [1.807, 2.05) is 11.8 Å². The fraction of sp³-hybridized carbons (Fsp3) is 0.391. The Morgan fingerprint density at radius 3 is 2.85 bits per heavy atom. The van der Waals surface area contributed by atoms with Gasteiger partial charge in [-0.2, -0.15) is 0 Å². The maximum Gasteiger partial charge on any atom is 0.233 e. The molecule has 3 aromatic rings. The number of nitrogens with one attached hydrogen (secondary N) is 1. The number of rotatable bonds is 8. The van der Waals surface area contributed by atoms with Crippen LogP contribution in [0.5, 0.6) is 11.6 Å². The van der Waals surface area contributed by atoms with E-state index in [9.17, 15) is 9.18 Å². The molecule has 0 radical (unpaired) electrons. The molecule has 0 bridgehead atoms. The highest BCUT2D eigenvalue weighted by Crippen LogP contribution is 2.31. The van der Waals surface area contributed by atoms with Gasteiger partial charge in [-0.25, -0.2) is 14.4 Å². The van der Waals surface area contributed by atoms with Gasteiger partial charge in [0.2, 0.25) is 11.8 Å². The van der Waals surface area contributed by atoms with Crippen molar-refractivity contribution < 1.29 is 18.8 Å². The Morgan fingerprint density at radius 2 is 2.09 bits per heavy atom. The van der Waals surface area contributed by atoms with Gasteiger partial charge in [0.15, 0.2) is 11.6 Å². The Bertz CT molecular complexity index is 1190. The van der Waals surface area contributed by atoms with Gasteiger partial charge in [0.05, 0.1) is 6.21 Å². The zero-order valence-electron chi connectivity index (χ0n) is 19.3. The first-order valence-corrected chi connectivity index (χ1v) is 11.1. The molecule has 10 nitrogen and oxygen atoms in total. The van der Waals surface area contributed by atoms with Crippen LogP contribution in [0.2, 0.25) is 0 Å². The fourth-order valence-electron chi connectivity index (χ4n) is 3.85. The molecule has 1 amide bonds. The molecular weight excluding hydrogens is 441 g/mol. The number of amides is 1. The summed E-state index contributed by atoms with van der Waals surface area (Å²) in [6, 6.07) is 4.98. The van der Waals surface area contributed by atoms with Crippen LogP contribution in [-0.4, -0.2) is 76.2 Å². The lowest BCUT2D eigenvalue weighted by Crippen LogP contribution is -2.48. The lowest BCUT2D eigenvalue weighted by atomic mass is 10.2. The summed E-state index contributed by atoms with van der Waals surface area (Å²) in [5.41, 5.74) is 7.79. The van der Waals surface area contributed by atoms with E-state index in [1.54, 1.807) is 19.1 Å². The molecule has 0 unspecified atom stereocenters. The smallest absolute Gasteiger partial charge is 0.233 e. The molecule has 3 N–H and O–H groups in total. The predicted molar refractivity (Wildman–Crippen MR) is 126 cm³/mol. The number of oxime groups is 1. The second-order valence-electron chi connectivity index (χ2n) is 8.14. The largest absolute Gasteiger partial charge is 0.435 e. The van der Waals surface area contributed by atoms with Crippen molar-refractivity contribution in [2.75, 3.05) is 45.1 Å². The van der Waals surface area contributed by atoms with E-state index in [0.717, 1.165) is 44.8 Å². The number of nitrogen functional groups attached to an aromatic ring is 1. The van der Waals surface area contributed by atoms with Crippen LogP contribution >= 0.6 is 0 Å². The second kappa shape index (κ2) is 10.5. The first kappa shape index (κ1) is 23.4. The molecule has 0 saturated carbocycles. The normalized spacial score (nSPS) is 14.7. The zero-order chi connectivity index (χ0) is 24.1. The summed E-state index contributed by atoms with van der Waals surface area (Å²) < 4.78 is 20.6. The number of piperazine rings is 1. The van der Waals surface area contributed by atoms with Crippen molar-refractivity contribution in [1.82, 2.24) is 24.8 Å². The molecule has 0 atom stereocenters. The number of aromatic amines is 1. The lowest BCUT2D eigenvalue weighted by molar-refractivity contribution is -0.130. The van der Waals surface area contributed by atoms with Crippen LogP contribution < -0.4 is 10.5 Å². The van der Waals surface area contributed by atoms with Gasteiger partial charge in [-0.1, -0.05) is 5.16 Å². The third-order valence-electron chi connectivity index (χ3n) is 5.71. The molecule has 3 heterocycles. The highest BCUT2D eigenvalue weighted by atomic mass is 19.1. The minimum Gasteiger partial charge on any atom is -0.435 e. The van der Waals surface area contributed by atoms with Gasteiger partial charge in [-0.15, -0.1) is 0 Å². The number of H-pyrrole nitrogens is 1. The average Bonchev–Trinajstić information content (AvgIpc) is 3.21. The number of ether oxygens (including phenoxy) is 1. The third-order valence-corrected chi connectivity index (χ3v) is 5.71. The summed E-state index contributed by atoms with van der Waals surface area (Å²) in [6.07, 6.45) is 3.39. The molecule has 34 heavy (non-hydrogen) atoms. The molecule has 11 heteroatoms. The van der Waals surface area contributed by atoms with Crippen LogP contribution in [0.15, 0.2) is 29.7 Å². The number of nitrogens with zero attached hydrogens (tertiary/aromatic N) is 5. The van der Waals surface area contributed by atoms with Gasteiger partial charge in [-0.05, 0) is 31.5 Å². The molecule has 1 aliphatic heterocycles. The molecule has 180 valence electrons.